The van der Waals surface area contributed by atoms with E-state index in [1.165, 1.54) is 0 Å². The minimum Gasteiger partial charge on any atom is -0.377 e. The first kappa shape index (κ1) is 13.8. The van der Waals surface area contributed by atoms with E-state index < -0.39 is 15.2 Å². The van der Waals surface area contributed by atoms with Crippen molar-refractivity contribution in [2.24, 2.45) is 0 Å². The van der Waals surface area contributed by atoms with Gasteiger partial charge in [-0.25, -0.2) is 15.0 Å². The molecular formula is C14H15NO3S. The van der Waals surface area contributed by atoms with Crippen LogP contribution in [0.1, 0.15) is 12.0 Å². The second-order valence-corrected chi connectivity index (χ2v) is 6.44. The van der Waals surface area contributed by atoms with Crippen molar-refractivity contribution in [1.82, 2.24) is 0 Å². The van der Waals surface area contributed by atoms with E-state index in [-0.39, 0.29) is 5.75 Å². The zero-order chi connectivity index (χ0) is 13.7. The van der Waals surface area contributed by atoms with E-state index in [0.717, 1.165) is 0 Å². The van der Waals surface area contributed by atoms with Crippen molar-refractivity contribution in [3.63, 3.8) is 0 Å². The Balaban J connectivity index is 2.22. The van der Waals surface area contributed by atoms with Crippen molar-refractivity contribution in [1.29, 1.82) is 0 Å². The Morgan fingerprint density at radius 2 is 2.05 bits per heavy atom. The quantitative estimate of drug-likeness (QED) is 0.626. The van der Waals surface area contributed by atoms with Crippen molar-refractivity contribution in [3.05, 3.63) is 59.0 Å². The zero-order valence-corrected chi connectivity index (χ0v) is 11.3. The molecule has 0 aromatic heterocycles. The lowest BCUT2D eigenvalue weighted by Crippen LogP contribution is -2.24. The minimum atomic E-state index is -3.50. The van der Waals surface area contributed by atoms with Gasteiger partial charge in [0.05, 0.1) is 19.0 Å². The zero-order valence-electron chi connectivity index (χ0n) is 10.5. The lowest BCUT2D eigenvalue weighted by molar-refractivity contribution is 0.154. The second-order valence-electron chi connectivity index (χ2n) is 4.38. The highest BCUT2D eigenvalue weighted by Crippen LogP contribution is 2.23. The molecule has 1 aliphatic heterocycles. The van der Waals surface area contributed by atoms with Crippen LogP contribution in [0.4, 0.5) is 0 Å². The highest BCUT2D eigenvalue weighted by Gasteiger charge is 2.35. The monoisotopic (exact) mass is 277 g/mol. The Morgan fingerprint density at radius 3 is 2.63 bits per heavy atom. The van der Waals surface area contributed by atoms with E-state index in [0.29, 0.717) is 30.8 Å². The summed E-state index contributed by atoms with van der Waals surface area (Å²) in [6.45, 7) is 8.06. The normalized spacial score (nSPS) is 17.3. The first-order valence-electron chi connectivity index (χ1n) is 6.02. The summed E-state index contributed by atoms with van der Waals surface area (Å²) in [6, 6.07) is 8.95. The SMILES string of the molecule is [C-]#[N+]C(C1=CCOCC1)S(=O)(=O)Cc1ccccc1. The standard InChI is InChI=1S/C14H15NO3S/c1-15-14(13-7-9-18-10-8-13)19(16,17)11-12-5-3-2-4-6-12/h2-7,14H,8-11H2. The molecule has 2 rings (SSSR count). The Labute approximate surface area is 113 Å². The average molecular weight is 277 g/mol. The predicted molar refractivity (Wildman–Crippen MR) is 73.0 cm³/mol. The molecule has 1 aliphatic rings. The van der Waals surface area contributed by atoms with Crippen LogP contribution in [0.3, 0.4) is 0 Å². The summed E-state index contributed by atoms with van der Waals surface area (Å²) >= 11 is 0. The number of sulfone groups is 1. The van der Waals surface area contributed by atoms with Crippen LogP contribution in [0.25, 0.3) is 4.85 Å². The van der Waals surface area contributed by atoms with Gasteiger partial charge in [-0.15, -0.1) is 0 Å². The second kappa shape index (κ2) is 6.00. The first-order valence-corrected chi connectivity index (χ1v) is 7.74. The minimum absolute atomic E-state index is 0.0981. The molecule has 1 atom stereocenters. The first-order chi connectivity index (χ1) is 9.13. The molecule has 0 saturated heterocycles. The molecule has 0 spiro atoms. The highest BCUT2D eigenvalue weighted by atomic mass is 32.2. The number of ether oxygens (including phenoxy) is 1. The van der Waals surface area contributed by atoms with E-state index in [4.69, 9.17) is 11.3 Å². The summed E-state index contributed by atoms with van der Waals surface area (Å²) in [4.78, 5) is 3.32. The van der Waals surface area contributed by atoms with Crippen LogP contribution in [0, 0.1) is 6.57 Å². The third-order valence-electron chi connectivity index (χ3n) is 2.98. The lowest BCUT2D eigenvalue weighted by Gasteiger charge is -2.15. The maximum absolute atomic E-state index is 12.3. The lowest BCUT2D eigenvalue weighted by atomic mass is 10.1. The number of nitrogens with zero attached hydrogens (tertiary/aromatic N) is 1. The molecule has 0 radical (unpaired) electrons. The van der Waals surface area contributed by atoms with Gasteiger partial charge in [0, 0.05) is 12.0 Å². The van der Waals surface area contributed by atoms with Crippen molar-refractivity contribution < 1.29 is 13.2 Å². The Kier molecular flexibility index (Phi) is 4.35. The van der Waals surface area contributed by atoms with Crippen LogP contribution in [0.5, 0.6) is 0 Å². The molecule has 1 aromatic carbocycles. The molecular weight excluding hydrogens is 262 g/mol. The Morgan fingerprint density at radius 1 is 1.32 bits per heavy atom. The molecule has 0 saturated carbocycles. The van der Waals surface area contributed by atoms with Gasteiger partial charge in [0.25, 0.3) is 0 Å². The summed E-state index contributed by atoms with van der Waals surface area (Å²) in [7, 11) is -3.50. The fourth-order valence-corrected chi connectivity index (χ4v) is 3.70. The van der Waals surface area contributed by atoms with Crippen LogP contribution in [0.15, 0.2) is 42.0 Å². The summed E-state index contributed by atoms with van der Waals surface area (Å²) in [5.74, 6) is -0.0981. The number of hydrogen-bond donors (Lipinski definition) is 0. The Bertz CT molecular complexity index is 599. The Hall–Kier alpha value is -1.64. The van der Waals surface area contributed by atoms with E-state index in [9.17, 15) is 8.42 Å². The number of rotatable bonds is 4. The van der Waals surface area contributed by atoms with Crippen molar-refractivity contribution in [2.75, 3.05) is 13.2 Å². The summed E-state index contributed by atoms with van der Waals surface area (Å²) in [5, 5.41) is -1.07. The summed E-state index contributed by atoms with van der Waals surface area (Å²) < 4.78 is 29.8. The van der Waals surface area contributed by atoms with Gasteiger partial charge in [-0.3, -0.25) is 4.85 Å². The van der Waals surface area contributed by atoms with E-state index >= 15 is 0 Å². The average Bonchev–Trinajstić information content (AvgIpc) is 2.41. The molecule has 0 bridgehead atoms. The maximum atomic E-state index is 12.3. The fourth-order valence-electron chi connectivity index (χ4n) is 2.04. The van der Waals surface area contributed by atoms with Crippen LogP contribution in [-0.2, 0) is 20.3 Å². The third kappa shape index (κ3) is 3.43. The highest BCUT2D eigenvalue weighted by molar-refractivity contribution is 7.91. The molecule has 1 aromatic rings. The van der Waals surface area contributed by atoms with Gasteiger partial charge in [-0.1, -0.05) is 36.4 Å². The van der Waals surface area contributed by atoms with Crippen LogP contribution >= 0.6 is 0 Å². The predicted octanol–water partition coefficient (Wildman–Crippen LogP) is 2.19. The van der Waals surface area contributed by atoms with E-state index in [1.807, 2.05) is 6.07 Å². The van der Waals surface area contributed by atoms with Crippen molar-refractivity contribution in [3.8, 4) is 0 Å². The van der Waals surface area contributed by atoms with Gasteiger partial charge < -0.3 is 4.74 Å². The molecule has 100 valence electrons. The van der Waals surface area contributed by atoms with Crippen molar-refractivity contribution >= 4 is 9.84 Å². The van der Waals surface area contributed by atoms with Gasteiger partial charge in [0.2, 0.25) is 9.84 Å². The molecule has 19 heavy (non-hydrogen) atoms. The number of benzene rings is 1. The third-order valence-corrected chi connectivity index (χ3v) is 4.81. The van der Waals surface area contributed by atoms with Crippen molar-refractivity contribution in [2.45, 2.75) is 17.5 Å². The molecule has 1 unspecified atom stereocenters. The molecule has 0 fully saturated rings. The van der Waals surface area contributed by atoms with E-state index in [2.05, 4.69) is 4.85 Å². The van der Waals surface area contributed by atoms with Gasteiger partial charge in [0.15, 0.2) is 0 Å². The molecule has 1 heterocycles. The number of hydrogen-bond acceptors (Lipinski definition) is 3. The molecule has 0 aliphatic carbocycles. The van der Waals surface area contributed by atoms with Crippen LogP contribution in [-0.4, -0.2) is 27.0 Å². The van der Waals surface area contributed by atoms with Crippen LogP contribution in [0.2, 0.25) is 0 Å². The maximum Gasteiger partial charge on any atom is 0.342 e. The van der Waals surface area contributed by atoms with Crippen LogP contribution < -0.4 is 0 Å². The van der Waals surface area contributed by atoms with Gasteiger partial charge in [0.1, 0.15) is 0 Å². The molecule has 0 amide bonds. The van der Waals surface area contributed by atoms with Gasteiger partial charge in [-0.2, -0.15) is 0 Å². The topological polar surface area (TPSA) is 47.7 Å². The molecule has 5 heteroatoms. The molecule has 4 nitrogen and oxygen atoms in total. The largest absolute Gasteiger partial charge is 0.377 e. The van der Waals surface area contributed by atoms with Gasteiger partial charge in [-0.05, 0) is 5.56 Å². The molecule has 0 N–H and O–H groups in total. The smallest absolute Gasteiger partial charge is 0.342 e. The van der Waals surface area contributed by atoms with Gasteiger partial charge >= 0.3 is 5.37 Å². The fraction of sp³-hybridized carbons (Fsp3) is 0.357. The summed E-state index contributed by atoms with van der Waals surface area (Å²) in [5.41, 5.74) is 1.38. The summed E-state index contributed by atoms with van der Waals surface area (Å²) in [6.07, 6.45) is 2.23. The van der Waals surface area contributed by atoms with E-state index in [1.54, 1.807) is 30.3 Å².